The third-order valence-corrected chi connectivity index (χ3v) is 4.78. The van der Waals surface area contributed by atoms with Crippen molar-refractivity contribution in [2.45, 2.75) is 25.1 Å². The lowest BCUT2D eigenvalue weighted by Crippen LogP contribution is -2.47. The Morgan fingerprint density at radius 3 is 2.21 bits per heavy atom. The van der Waals surface area contributed by atoms with E-state index in [1.807, 2.05) is 0 Å². The topological polar surface area (TPSA) is 46.6 Å². The number of hydrogen-bond donors (Lipinski definition) is 0. The number of methoxy groups -OCH3 is 1. The average molecular weight is 408 g/mol. The zero-order valence-corrected chi connectivity index (χ0v) is 14.7. The number of hydrogen-bond acceptors (Lipinski definition) is 3. The Hall–Kier alpha value is -1.57. The summed E-state index contributed by atoms with van der Waals surface area (Å²) < 4.78 is 45.7. The highest BCUT2D eigenvalue weighted by atomic mass is 79.9. The Kier molecular flexibility index (Phi) is 5.57. The van der Waals surface area contributed by atoms with E-state index in [-0.39, 0.29) is 18.4 Å². The molecule has 0 aliphatic heterocycles. The molecule has 132 valence electrons. The zero-order valence-electron chi connectivity index (χ0n) is 13.1. The van der Waals surface area contributed by atoms with Crippen molar-refractivity contribution in [1.29, 1.82) is 0 Å². The lowest BCUT2D eigenvalue weighted by atomic mass is 9.74. The van der Waals surface area contributed by atoms with Gasteiger partial charge in [0.15, 0.2) is 6.04 Å². The second-order valence-electron chi connectivity index (χ2n) is 5.83. The summed E-state index contributed by atoms with van der Waals surface area (Å²) in [6.07, 6.45) is -4.15. The predicted molar refractivity (Wildman–Crippen MR) is 83.9 cm³/mol. The molecule has 0 N–H and O–H groups in total. The standard InChI is InChI=1S/C16H17BrF3NO3/c1-21(14(22)10-7-11(8-10)15(23)24-2)13(16(18,19)20)9-3-5-12(17)6-4-9/h3-6,10-11,13H,7-8H2,1-2H3/t10?,11?,13-/m0/s1. The lowest BCUT2D eigenvalue weighted by molar-refractivity contribution is -0.192. The molecule has 4 nitrogen and oxygen atoms in total. The van der Waals surface area contributed by atoms with Gasteiger partial charge in [-0.15, -0.1) is 0 Å². The summed E-state index contributed by atoms with van der Waals surface area (Å²) in [4.78, 5) is 24.4. The van der Waals surface area contributed by atoms with E-state index in [4.69, 9.17) is 0 Å². The Labute approximate surface area is 146 Å². The molecule has 2 rings (SSSR count). The number of alkyl halides is 3. The van der Waals surface area contributed by atoms with Crippen molar-refractivity contribution in [2.24, 2.45) is 11.8 Å². The maximum Gasteiger partial charge on any atom is 0.413 e. The van der Waals surface area contributed by atoms with Gasteiger partial charge >= 0.3 is 12.1 Å². The highest BCUT2D eigenvalue weighted by molar-refractivity contribution is 9.10. The van der Waals surface area contributed by atoms with Crippen LogP contribution in [0.5, 0.6) is 0 Å². The maximum absolute atomic E-state index is 13.5. The summed E-state index contributed by atoms with van der Waals surface area (Å²) in [6.45, 7) is 0. The van der Waals surface area contributed by atoms with E-state index in [9.17, 15) is 22.8 Å². The maximum atomic E-state index is 13.5. The van der Waals surface area contributed by atoms with E-state index in [0.29, 0.717) is 4.47 Å². The van der Waals surface area contributed by atoms with Gasteiger partial charge in [-0.3, -0.25) is 9.59 Å². The monoisotopic (exact) mass is 407 g/mol. The Bertz CT molecular complexity index is 612. The number of benzene rings is 1. The summed E-state index contributed by atoms with van der Waals surface area (Å²) in [5, 5.41) is 0. The summed E-state index contributed by atoms with van der Waals surface area (Å²) in [7, 11) is 2.39. The summed E-state index contributed by atoms with van der Waals surface area (Å²) in [5.41, 5.74) is -0.00890. The first-order valence-corrected chi connectivity index (χ1v) is 8.11. The normalized spacial score (nSPS) is 21.6. The van der Waals surface area contributed by atoms with Crippen LogP contribution in [0.15, 0.2) is 28.7 Å². The molecule has 0 radical (unpaired) electrons. The number of rotatable bonds is 4. The molecule has 1 saturated carbocycles. The molecule has 24 heavy (non-hydrogen) atoms. The smallest absolute Gasteiger partial charge is 0.413 e. The average Bonchev–Trinajstić information content (AvgIpc) is 2.46. The molecule has 1 aromatic carbocycles. The number of amides is 1. The largest absolute Gasteiger partial charge is 0.469 e. The van der Waals surface area contributed by atoms with Crippen molar-refractivity contribution in [1.82, 2.24) is 4.90 Å². The molecule has 1 fully saturated rings. The third kappa shape index (κ3) is 3.91. The van der Waals surface area contributed by atoms with Crippen LogP contribution in [0.1, 0.15) is 24.4 Å². The van der Waals surface area contributed by atoms with E-state index in [2.05, 4.69) is 20.7 Å². The molecular formula is C16H17BrF3NO3. The lowest BCUT2D eigenvalue weighted by Gasteiger charge is -2.38. The number of ether oxygens (including phenoxy) is 1. The molecule has 1 amide bonds. The highest BCUT2D eigenvalue weighted by Crippen LogP contribution is 2.41. The molecular weight excluding hydrogens is 391 g/mol. The van der Waals surface area contributed by atoms with Crippen molar-refractivity contribution in [3.05, 3.63) is 34.3 Å². The van der Waals surface area contributed by atoms with Crippen LogP contribution in [0, 0.1) is 11.8 Å². The molecule has 8 heteroatoms. The number of esters is 1. The molecule has 1 aliphatic carbocycles. The van der Waals surface area contributed by atoms with Gasteiger partial charge in [0.2, 0.25) is 5.91 Å². The first kappa shape index (κ1) is 18.8. The number of carbonyl (C=O) groups excluding carboxylic acids is 2. The van der Waals surface area contributed by atoms with Crippen LogP contribution < -0.4 is 0 Å². The van der Waals surface area contributed by atoms with Crippen LogP contribution in [0.3, 0.4) is 0 Å². The first-order valence-electron chi connectivity index (χ1n) is 7.31. The van der Waals surface area contributed by atoms with Crippen LogP contribution in [0.2, 0.25) is 0 Å². The molecule has 0 unspecified atom stereocenters. The van der Waals surface area contributed by atoms with Gasteiger partial charge < -0.3 is 9.64 Å². The molecule has 0 saturated heterocycles. The highest BCUT2D eigenvalue weighted by Gasteiger charge is 2.48. The van der Waals surface area contributed by atoms with Gasteiger partial charge in [0, 0.05) is 17.4 Å². The van der Waals surface area contributed by atoms with Crippen LogP contribution >= 0.6 is 15.9 Å². The van der Waals surface area contributed by atoms with Crippen LogP contribution in [-0.2, 0) is 14.3 Å². The summed E-state index contributed by atoms with van der Waals surface area (Å²) in [6, 6.07) is 3.66. The molecule has 0 bridgehead atoms. The molecule has 0 heterocycles. The van der Waals surface area contributed by atoms with Crippen molar-refractivity contribution in [2.75, 3.05) is 14.2 Å². The minimum atomic E-state index is -4.59. The fraction of sp³-hybridized carbons (Fsp3) is 0.500. The van der Waals surface area contributed by atoms with Gasteiger partial charge in [-0.2, -0.15) is 13.2 Å². The first-order chi connectivity index (χ1) is 11.1. The van der Waals surface area contributed by atoms with E-state index < -0.39 is 35.9 Å². The third-order valence-electron chi connectivity index (χ3n) is 4.25. The number of nitrogens with zero attached hydrogens (tertiary/aromatic N) is 1. The fourth-order valence-electron chi connectivity index (χ4n) is 2.87. The predicted octanol–water partition coefficient (Wildman–Crippen LogP) is 3.71. The van der Waals surface area contributed by atoms with Crippen LogP contribution in [-0.4, -0.2) is 37.1 Å². The van der Waals surface area contributed by atoms with Crippen molar-refractivity contribution in [3.63, 3.8) is 0 Å². The molecule has 0 aromatic heterocycles. The molecule has 1 aliphatic rings. The quantitative estimate of drug-likeness (QED) is 0.714. The van der Waals surface area contributed by atoms with Crippen molar-refractivity contribution in [3.8, 4) is 0 Å². The van der Waals surface area contributed by atoms with Crippen LogP contribution in [0.25, 0.3) is 0 Å². The Morgan fingerprint density at radius 1 is 1.21 bits per heavy atom. The zero-order chi connectivity index (χ0) is 18.1. The van der Waals surface area contributed by atoms with E-state index in [1.54, 1.807) is 0 Å². The summed E-state index contributed by atoms with van der Waals surface area (Å²) >= 11 is 3.18. The Morgan fingerprint density at radius 2 is 1.75 bits per heavy atom. The van der Waals surface area contributed by atoms with E-state index >= 15 is 0 Å². The van der Waals surface area contributed by atoms with Gasteiger partial charge in [0.25, 0.3) is 0 Å². The molecule has 0 spiro atoms. The minimum Gasteiger partial charge on any atom is -0.469 e. The van der Waals surface area contributed by atoms with Gasteiger partial charge in [0.05, 0.1) is 13.0 Å². The van der Waals surface area contributed by atoms with Gasteiger partial charge in [-0.05, 0) is 30.5 Å². The second kappa shape index (κ2) is 7.13. The fourth-order valence-corrected chi connectivity index (χ4v) is 3.14. The molecule has 1 atom stereocenters. The van der Waals surface area contributed by atoms with E-state index in [0.717, 1.165) is 11.9 Å². The van der Waals surface area contributed by atoms with Crippen molar-refractivity contribution < 1.29 is 27.5 Å². The SMILES string of the molecule is COC(=O)C1CC(C(=O)N(C)[C@@H](c2ccc(Br)cc2)C(F)(F)F)C1. The van der Waals surface area contributed by atoms with E-state index in [1.165, 1.54) is 31.4 Å². The van der Waals surface area contributed by atoms with Gasteiger partial charge in [0.1, 0.15) is 0 Å². The van der Waals surface area contributed by atoms with Gasteiger partial charge in [-0.1, -0.05) is 28.1 Å². The Balaban J connectivity index is 2.14. The van der Waals surface area contributed by atoms with Crippen molar-refractivity contribution >= 4 is 27.8 Å². The van der Waals surface area contributed by atoms with Gasteiger partial charge in [-0.25, -0.2) is 0 Å². The van der Waals surface area contributed by atoms with Crippen LogP contribution in [0.4, 0.5) is 13.2 Å². The molecule has 1 aromatic rings. The second-order valence-corrected chi connectivity index (χ2v) is 6.75. The number of carbonyl (C=O) groups is 2. The number of halogens is 4. The minimum absolute atomic E-state index is 0.00890. The summed E-state index contributed by atoms with van der Waals surface area (Å²) in [5.74, 6) is -2.03.